The fraction of sp³-hybridized carbons (Fsp3) is 0.0714. The van der Waals surface area contributed by atoms with Gasteiger partial charge in [0.1, 0.15) is 17.7 Å². The van der Waals surface area contributed by atoms with E-state index in [1.807, 2.05) is 6.07 Å². The highest BCUT2D eigenvalue weighted by molar-refractivity contribution is 6.30. The molecule has 0 bridgehead atoms. The lowest BCUT2D eigenvalue weighted by molar-refractivity contribution is 0.552. The molecule has 0 spiro atoms. The van der Waals surface area contributed by atoms with Gasteiger partial charge in [-0.1, -0.05) is 23.7 Å². The Morgan fingerprint density at radius 2 is 1.74 bits per heavy atom. The minimum atomic E-state index is -1.13. The van der Waals surface area contributed by atoms with Crippen LogP contribution >= 0.6 is 11.6 Å². The van der Waals surface area contributed by atoms with Crippen molar-refractivity contribution in [3.63, 3.8) is 0 Å². The van der Waals surface area contributed by atoms with E-state index >= 15 is 0 Å². The van der Waals surface area contributed by atoms with Crippen molar-refractivity contribution in [2.45, 2.75) is 6.04 Å². The van der Waals surface area contributed by atoms with Crippen molar-refractivity contribution in [2.24, 2.45) is 0 Å². The highest BCUT2D eigenvalue weighted by Crippen LogP contribution is 2.25. The molecule has 0 saturated carbocycles. The van der Waals surface area contributed by atoms with E-state index in [0.717, 1.165) is 12.1 Å². The highest BCUT2D eigenvalue weighted by Gasteiger charge is 2.19. The van der Waals surface area contributed by atoms with Crippen LogP contribution in [-0.4, -0.2) is 0 Å². The van der Waals surface area contributed by atoms with Gasteiger partial charge >= 0.3 is 0 Å². The predicted octanol–water partition coefficient (Wildman–Crippen LogP) is 4.29. The van der Waals surface area contributed by atoms with Crippen LogP contribution in [0.5, 0.6) is 0 Å². The first-order chi connectivity index (χ1) is 9.11. The van der Waals surface area contributed by atoms with Gasteiger partial charge in [0.15, 0.2) is 0 Å². The van der Waals surface area contributed by atoms with Gasteiger partial charge in [0.05, 0.1) is 11.6 Å². The summed E-state index contributed by atoms with van der Waals surface area (Å²) >= 11 is 5.81. The third-order valence-electron chi connectivity index (χ3n) is 2.55. The van der Waals surface area contributed by atoms with E-state index in [2.05, 4.69) is 5.32 Å². The molecular formula is C14H9ClF2N2. The third kappa shape index (κ3) is 3.01. The molecule has 0 aliphatic rings. The van der Waals surface area contributed by atoms with Crippen LogP contribution in [0.4, 0.5) is 14.5 Å². The number of nitriles is 1. The standard InChI is InChI=1S/C14H9ClF2N2/c15-9-3-1-4-10(7-9)19-13(8-18)14-11(16)5-2-6-12(14)17/h1-7,13,19H. The van der Waals surface area contributed by atoms with E-state index < -0.39 is 17.7 Å². The Kier molecular flexibility index (Phi) is 3.98. The molecule has 1 unspecified atom stereocenters. The maximum atomic E-state index is 13.6. The monoisotopic (exact) mass is 278 g/mol. The molecule has 0 radical (unpaired) electrons. The summed E-state index contributed by atoms with van der Waals surface area (Å²) in [6, 6.07) is 10.8. The van der Waals surface area contributed by atoms with Gasteiger partial charge in [-0.3, -0.25) is 0 Å². The van der Waals surface area contributed by atoms with Gasteiger partial charge in [0, 0.05) is 10.7 Å². The molecule has 19 heavy (non-hydrogen) atoms. The number of rotatable bonds is 3. The third-order valence-corrected chi connectivity index (χ3v) is 2.79. The number of halogens is 3. The second-order valence-corrected chi connectivity index (χ2v) is 4.29. The summed E-state index contributed by atoms with van der Waals surface area (Å²) < 4.78 is 27.2. The van der Waals surface area contributed by atoms with Crippen LogP contribution in [0, 0.1) is 23.0 Å². The van der Waals surface area contributed by atoms with Crippen LogP contribution in [0.25, 0.3) is 0 Å². The van der Waals surface area contributed by atoms with E-state index in [1.165, 1.54) is 6.07 Å². The van der Waals surface area contributed by atoms with Gasteiger partial charge in [0.25, 0.3) is 0 Å². The minimum Gasteiger partial charge on any atom is -0.366 e. The summed E-state index contributed by atoms with van der Waals surface area (Å²) in [4.78, 5) is 0. The predicted molar refractivity (Wildman–Crippen MR) is 69.8 cm³/mol. The van der Waals surface area contributed by atoms with Gasteiger partial charge in [-0.25, -0.2) is 8.78 Å². The molecular weight excluding hydrogens is 270 g/mol. The van der Waals surface area contributed by atoms with Crippen LogP contribution in [0.2, 0.25) is 5.02 Å². The van der Waals surface area contributed by atoms with Gasteiger partial charge in [0.2, 0.25) is 0 Å². The quantitative estimate of drug-likeness (QED) is 0.909. The molecule has 0 amide bonds. The first-order valence-corrected chi connectivity index (χ1v) is 5.85. The SMILES string of the molecule is N#CC(Nc1cccc(Cl)c1)c1c(F)cccc1F. The molecule has 2 aromatic rings. The Hall–Kier alpha value is -2.12. The number of nitrogens with zero attached hydrogens (tertiary/aromatic N) is 1. The molecule has 2 nitrogen and oxygen atoms in total. The van der Waals surface area contributed by atoms with Gasteiger partial charge in [-0.2, -0.15) is 5.26 Å². The average molecular weight is 279 g/mol. The fourth-order valence-corrected chi connectivity index (χ4v) is 1.89. The molecule has 0 aliphatic heterocycles. The molecule has 96 valence electrons. The van der Waals surface area contributed by atoms with Crippen LogP contribution in [0.15, 0.2) is 42.5 Å². The van der Waals surface area contributed by atoms with Gasteiger partial charge in [-0.05, 0) is 30.3 Å². The molecule has 0 aromatic heterocycles. The number of nitrogens with one attached hydrogen (secondary N) is 1. The molecule has 1 N–H and O–H groups in total. The van der Waals surface area contributed by atoms with Crippen LogP contribution < -0.4 is 5.32 Å². The number of anilines is 1. The molecule has 2 aromatic carbocycles. The number of hydrogen-bond acceptors (Lipinski definition) is 2. The molecule has 0 saturated heterocycles. The molecule has 0 fully saturated rings. The van der Waals surface area contributed by atoms with Gasteiger partial charge in [-0.15, -0.1) is 0 Å². The lowest BCUT2D eigenvalue weighted by atomic mass is 10.1. The van der Waals surface area contributed by atoms with E-state index in [-0.39, 0.29) is 5.56 Å². The number of benzene rings is 2. The van der Waals surface area contributed by atoms with Crippen molar-refractivity contribution in [3.8, 4) is 6.07 Å². The average Bonchev–Trinajstić information content (AvgIpc) is 2.37. The summed E-state index contributed by atoms with van der Waals surface area (Å²) in [5.74, 6) is -1.53. The lowest BCUT2D eigenvalue weighted by Crippen LogP contribution is -2.12. The van der Waals surface area contributed by atoms with Gasteiger partial charge < -0.3 is 5.32 Å². The zero-order valence-corrected chi connectivity index (χ0v) is 10.5. The van der Waals surface area contributed by atoms with Crippen molar-refractivity contribution in [2.75, 3.05) is 5.32 Å². The normalized spacial score (nSPS) is 11.7. The van der Waals surface area contributed by atoms with Crippen molar-refractivity contribution < 1.29 is 8.78 Å². The summed E-state index contributed by atoms with van der Waals surface area (Å²) in [6.07, 6.45) is 0. The Labute approximate surface area is 114 Å². The first-order valence-electron chi connectivity index (χ1n) is 5.47. The molecule has 1 atom stereocenters. The lowest BCUT2D eigenvalue weighted by Gasteiger charge is -2.14. The second kappa shape index (κ2) is 5.68. The topological polar surface area (TPSA) is 35.8 Å². The second-order valence-electron chi connectivity index (χ2n) is 3.85. The summed E-state index contributed by atoms with van der Waals surface area (Å²) in [6.45, 7) is 0. The largest absolute Gasteiger partial charge is 0.366 e. The van der Waals surface area contributed by atoms with E-state index in [4.69, 9.17) is 16.9 Å². The van der Waals surface area contributed by atoms with Crippen LogP contribution in [0.3, 0.4) is 0 Å². The number of hydrogen-bond donors (Lipinski definition) is 1. The zero-order valence-electron chi connectivity index (χ0n) is 9.70. The summed E-state index contributed by atoms with van der Waals surface area (Å²) in [7, 11) is 0. The Bertz CT molecular complexity index is 617. The Morgan fingerprint density at radius 3 is 2.32 bits per heavy atom. The first kappa shape index (κ1) is 13.3. The molecule has 5 heteroatoms. The van der Waals surface area contributed by atoms with E-state index in [0.29, 0.717) is 10.7 Å². The molecule has 2 rings (SSSR count). The smallest absolute Gasteiger partial charge is 0.145 e. The zero-order chi connectivity index (χ0) is 13.8. The maximum absolute atomic E-state index is 13.6. The highest BCUT2D eigenvalue weighted by atomic mass is 35.5. The molecule has 0 aliphatic carbocycles. The van der Waals surface area contributed by atoms with E-state index in [9.17, 15) is 8.78 Å². The summed E-state index contributed by atoms with van der Waals surface area (Å²) in [5.41, 5.74) is 0.215. The van der Waals surface area contributed by atoms with Crippen molar-refractivity contribution in [1.29, 1.82) is 5.26 Å². The van der Waals surface area contributed by atoms with Crippen molar-refractivity contribution in [1.82, 2.24) is 0 Å². The van der Waals surface area contributed by atoms with Crippen molar-refractivity contribution >= 4 is 17.3 Å². The Morgan fingerprint density at radius 1 is 1.11 bits per heavy atom. The maximum Gasteiger partial charge on any atom is 0.145 e. The molecule has 0 heterocycles. The van der Waals surface area contributed by atoms with Crippen LogP contribution in [0.1, 0.15) is 11.6 Å². The van der Waals surface area contributed by atoms with Crippen molar-refractivity contribution in [3.05, 3.63) is 64.7 Å². The fourth-order valence-electron chi connectivity index (χ4n) is 1.70. The van der Waals surface area contributed by atoms with Crippen LogP contribution in [-0.2, 0) is 0 Å². The Balaban J connectivity index is 2.34. The summed E-state index contributed by atoms with van der Waals surface area (Å²) in [5, 5.41) is 12.3. The minimum absolute atomic E-state index is 0.301. The van der Waals surface area contributed by atoms with E-state index in [1.54, 1.807) is 24.3 Å².